The zero-order chi connectivity index (χ0) is 11.7. The van der Waals surface area contributed by atoms with Crippen molar-refractivity contribution < 1.29 is 4.39 Å². The summed E-state index contributed by atoms with van der Waals surface area (Å²) >= 11 is 0. The molecule has 88 valence electrons. The van der Waals surface area contributed by atoms with Crippen LogP contribution in [-0.4, -0.2) is 22.6 Å². The zero-order valence-corrected chi connectivity index (χ0v) is 9.65. The fourth-order valence-electron chi connectivity index (χ4n) is 2.21. The van der Waals surface area contributed by atoms with Crippen molar-refractivity contribution in [1.29, 1.82) is 0 Å². The second-order valence-corrected chi connectivity index (χ2v) is 4.45. The summed E-state index contributed by atoms with van der Waals surface area (Å²) in [6.45, 7) is 5.11. The van der Waals surface area contributed by atoms with Crippen molar-refractivity contribution in [2.24, 2.45) is 5.92 Å². The van der Waals surface area contributed by atoms with Crippen LogP contribution in [0, 0.1) is 11.7 Å². The summed E-state index contributed by atoms with van der Waals surface area (Å²) in [5, 5.41) is 0. The van der Waals surface area contributed by atoms with E-state index in [1.807, 2.05) is 4.90 Å². The van der Waals surface area contributed by atoms with Gasteiger partial charge in [-0.25, -0.2) is 9.37 Å². The van der Waals surface area contributed by atoms with E-state index in [1.54, 1.807) is 0 Å². The number of piperidine rings is 1. The summed E-state index contributed by atoms with van der Waals surface area (Å²) in [5.41, 5.74) is 5.50. The Kier molecular flexibility index (Phi) is 2.94. The summed E-state index contributed by atoms with van der Waals surface area (Å²) in [6.07, 6.45) is 3.39. The topological polar surface area (TPSA) is 55.0 Å². The molecule has 0 aliphatic carbocycles. The summed E-state index contributed by atoms with van der Waals surface area (Å²) in [6, 6.07) is 0.289. The minimum absolute atomic E-state index is 0.127. The molecule has 16 heavy (non-hydrogen) atoms. The Bertz CT molecular complexity index is 382. The Morgan fingerprint density at radius 2 is 2.25 bits per heavy atom. The van der Waals surface area contributed by atoms with Crippen molar-refractivity contribution in [3.8, 4) is 0 Å². The monoisotopic (exact) mass is 224 g/mol. The van der Waals surface area contributed by atoms with Gasteiger partial charge in [-0.1, -0.05) is 6.92 Å². The number of nitrogens with zero attached hydrogens (tertiary/aromatic N) is 3. The van der Waals surface area contributed by atoms with Crippen LogP contribution in [0.3, 0.4) is 0 Å². The quantitative estimate of drug-likeness (QED) is 0.790. The highest BCUT2D eigenvalue weighted by molar-refractivity contribution is 5.44. The first-order chi connectivity index (χ1) is 7.59. The van der Waals surface area contributed by atoms with Crippen molar-refractivity contribution in [1.82, 2.24) is 9.97 Å². The van der Waals surface area contributed by atoms with Gasteiger partial charge in [-0.05, 0) is 25.7 Å². The molecule has 1 aromatic heterocycles. The molecule has 2 heterocycles. The van der Waals surface area contributed by atoms with Gasteiger partial charge in [0.2, 0.25) is 5.95 Å². The van der Waals surface area contributed by atoms with Crippen LogP contribution >= 0.6 is 0 Å². The molecule has 0 bridgehead atoms. The first kappa shape index (κ1) is 11.1. The maximum atomic E-state index is 13.6. The summed E-state index contributed by atoms with van der Waals surface area (Å²) in [7, 11) is 0. The molecule has 0 saturated carbocycles. The van der Waals surface area contributed by atoms with Crippen LogP contribution in [0.5, 0.6) is 0 Å². The van der Waals surface area contributed by atoms with Gasteiger partial charge in [0.15, 0.2) is 11.6 Å². The second kappa shape index (κ2) is 4.23. The Morgan fingerprint density at radius 3 is 3.00 bits per heavy atom. The molecule has 1 fully saturated rings. The maximum absolute atomic E-state index is 13.6. The highest BCUT2D eigenvalue weighted by Crippen LogP contribution is 2.28. The van der Waals surface area contributed by atoms with E-state index in [0.717, 1.165) is 19.2 Å². The Balaban J connectivity index is 2.31. The van der Waals surface area contributed by atoms with Gasteiger partial charge in [-0.2, -0.15) is 4.98 Å². The fraction of sp³-hybridized carbons (Fsp3) is 0.636. The molecule has 2 N–H and O–H groups in total. The van der Waals surface area contributed by atoms with Gasteiger partial charge in [0.1, 0.15) is 0 Å². The molecule has 0 spiro atoms. The van der Waals surface area contributed by atoms with Gasteiger partial charge in [0.05, 0.1) is 6.20 Å². The van der Waals surface area contributed by atoms with Crippen molar-refractivity contribution >= 4 is 11.8 Å². The molecular formula is C11H17FN4. The third-order valence-corrected chi connectivity index (χ3v) is 3.39. The first-order valence-corrected chi connectivity index (χ1v) is 5.64. The highest BCUT2D eigenvalue weighted by Gasteiger charge is 2.27. The van der Waals surface area contributed by atoms with Crippen LogP contribution in [0.4, 0.5) is 16.2 Å². The summed E-state index contributed by atoms with van der Waals surface area (Å²) in [5.74, 6) is 0.618. The molecule has 0 radical (unpaired) electrons. The number of anilines is 2. The largest absolute Gasteiger partial charge is 0.368 e. The molecule has 1 aliphatic heterocycles. The predicted molar refractivity (Wildman–Crippen MR) is 61.6 cm³/mol. The molecule has 4 nitrogen and oxygen atoms in total. The lowest BCUT2D eigenvalue weighted by molar-refractivity contribution is 0.358. The minimum atomic E-state index is -0.393. The van der Waals surface area contributed by atoms with Crippen LogP contribution in [0.25, 0.3) is 0 Å². The van der Waals surface area contributed by atoms with Crippen molar-refractivity contribution in [3.63, 3.8) is 0 Å². The van der Waals surface area contributed by atoms with E-state index in [0.29, 0.717) is 11.7 Å². The lowest BCUT2D eigenvalue weighted by Crippen LogP contribution is -2.43. The lowest BCUT2D eigenvalue weighted by Gasteiger charge is -2.38. The number of halogens is 1. The van der Waals surface area contributed by atoms with Crippen molar-refractivity contribution in [2.45, 2.75) is 32.7 Å². The molecule has 5 heteroatoms. The number of hydrogen-bond acceptors (Lipinski definition) is 4. The Morgan fingerprint density at radius 1 is 1.50 bits per heavy atom. The van der Waals surface area contributed by atoms with Crippen LogP contribution in [0.1, 0.15) is 26.7 Å². The van der Waals surface area contributed by atoms with Crippen LogP contribution in [-0.2, 0) is 0 Å². The molecule has 2 rings (SSSR count). The van der Waals surface area contributed by atoms with Crippen molar-refractivity contribution in [2.75, 3.05) is 17.2 Å². The van der Waals surface area contributed by atoms with Gasteiger partial charge >= 0.3 is 0 Å². The maximum Gasteiger partial charge on any atom is 0.222 e. The van der Waals surface area contributed by atoms with E-state index in [-0.39, 0.29) is 12.0 Å². The van der Waals surface area contributed by atoms with Crippen LogP contribution < -0.4 is 10.6 Å². The lowest BCUT2D eigenvalue weighted by atomic mass is 9.92. The smallest absolute Gasteiger partial charge is 0.222 e. The van der Waals surface area contributed by atoms with Crippen LogP contribution in [0.15, 0.2) is 6.20 Å². The van der Waals surface area contributed by atoms with E-state index in [9.17, 15) is 4.39 Å². The number of rotatable bonds is 1. The average molecular weight is 224 g/mol. The summed E-state index contributed by atoms with van der Waals surface area (Å²) < 4.78 is 13.6. The molecule has 0 aromatic carbocycles. The zero-order valence-electron chi connectivity index (χ0n) is 9.65. The summed E-state index contributed by atoms with van der Waals surface area (Å²) in [4.78, 5) is 9.63. The van der Waals surface area contributed by atoms with Gasteiger partial charge in [0, 0.05) is 12.6 Å². The van der Waals surface area contributed by atoms with E-state index < -0.39 is 5.82 Å². The first-order valence-electron chi connectivity index (χ1n) is 5.64. The van der Waals surface area contributed by atoms with Gasteiger partial charge < -0.3 is 10.6 Å². The van der Waals surface area contributed by atoms with Gasteiger partial charge in [-0.3, -0.25) is 0 Å². The van der Waals surface area contributed by atoms with E-state index in [4.69, 9.17) is 5.73 Å². The van der Waals surface area contributed by atoms with Crippen molar-refractivity contribution in [3.05, 3.63) is 12.0 Å². The molecule has 1 saturated heterocycles. The second-order valence-electron chi connectivity index (χ2n) is 4.45. The Labute approximate surface area is 94.7 Å². The molecule has 1 aliphatic rings. The fourth-order valence-corrected chi connectivity index (χ4v) is 2.21. The SMILES string of the molecule is CC1CCCN(c2nc(N)ncc2F)C1C. The molecule has 0 amide bonds. The van der Waals surface area contributed by atoms with E-state index in [2.05, 4.69) is 23.8 Å². The molecular weight excluding hydrogens is 207 g/mol. The standard InChI is InChI=1S/C11H17FN4/c1-7-4-3-5-16(8(7)2)10-9(12)6-14-11(13)15-10/h6-8H,3-5H2,1-2H3,(H2,13,14,15). The van der Waals surface area contributed by atoms with Gasteiger partial charge in [-0.15, -0.1) is 0 Å². The third-order valence-electron chi connectivity index (χ3n) is 3.39. The average Bonchev–Trinajstić information content (AvgIpc) is 2.26. The van der Waals surface area contributed by atoms with Crippen LogP contribution in [0.2, 0.25) is 0 Å². The minimum Gasteiger partial charge on any atom is -0.368 e. The number of aromatic nitrogens is 2. The molecule has 2 atom stereocenters. The predicted octanol–water partition coefficient (Wildman–Crippen LogP) is 1.82. The third kappa shape index (κ3) is 1.94. The van der Waals surface area contributed by atoms with E-state index >= 15 is 0 Å². The molecule has 2 unspecified atom stereocenters. The highest BCUT2D eigenvalue weighted by atomic mass is 19.1. The number of hydrogen-bond donors (Lipinski definition) is 1. The van der Waals surface area contributed by atoms with Gasteiger partial charge in [0.25, 0.3) is 0 Å². The normalized spacial score (nSPS) is 25.8. The molecule has 1 aromatic rings. The Hall–Kier alpha value is -1.39. The van der Waals surface area contributed by atoms with E-state index in [1.165, 1.54) is 6.42 Å². The number of nitrogen functional groups attached to an aromatic ring is 1. The number of nitrogens with two attached hydrogens (primary N) is 1.